The number of ketones is 1. The second-order valence-electron chi connectivity index (χ2n) is 8.37. The van der Waals surface area contributed by atoms with Crippen LogP contribution >= 0.6 is 0 Å². The Hall–Kier alpha value is -3.77. The van der Waals surface area contributed by atoms with Gasteiger partial charge in [-0.1, -0.05) is 55.5 Å². The topological polar surface area (TPSA) is 68.0 Å². The molecule has 0 aliphatic rings. The lowest BCUT2D eigenvalue weighted by atomic mass is 9.97. The van der Waals surface area contributed by atoms with Gasteiger partial charge in [0.1, 0.15) is 18.0 Å². The van der Waals surface area contributed by atoms with Gasteiger partial charge in [-0.3, -0.25) is 9.59 Å². The highest BCUT2D eigenvalue weighted by Crippen LogP contribution is 2.38. The molecule has 0 saturated carbocycles. The number of hydrogen-bond acceptors (Lipinski definition) is 4. The van der Waals surface area contributed by atoms with E-state index in [4.69, 9.17) is 4.74 Å². The first-order valence-corrected chi connectivity index (χ1v) is 11.8. The number of ether oxygens (including phenoxy) is 1. The molecule has 0 fully saturated rings. The van der Waals surface area contributed by atoms with Crippen molar-refractivity contribution in [3.8, 4) is 11.1 Å². The average molecular weight is 474 g/mol. The van der Waals surface area contributed by atoms with Gasteiger partial charge in [-0.25, -0.2) is 4.39 Å². The molecule has 2 aromatic heterocycles. The van der Waals surface area contributed by atoms with Gasteiger partial charge in [0.25, 0.3) is 0 Å². The zero-order valence-corrected chi connectivity index (χ0v) is 19.8. The van der Waals surface area contributed by atoms with Crippen molar-refractivity contribution in [2.24, 2.45) is 0 Å². The monoisotopic (exact) mass is 473 g/mol. The molecule has 0 spiro atoms. The Morgan fingerprint density at radius 3 is 2.54 bits per heavy atom. The zero-order valence-electron chi connectivity index (χ0n) is 19.8. The van der Waals surface area contributed by atoms with Crippen molar-refractivity contribution in [1.29, 1.82) is 0 Å². The minimum absolute atomic E-state index is 0.182. The van der Waals surface area contributed by atoms with Crippen molar-refractivity contribution in [2.45, 2.75) is 39.2 Å². The van der Waals surface area contributed by atoms with Crippen LogP contribution in [0.2, 0.25) is 0 Å². The molecule has 1 unspecified atom stereocenters. The standard InChI is InChI=1S/C29H28FNO4/c1-3-26-25(14-13-22(32)17-23(33)18-27(34)35-4-2)28(20-9-11-21(30)12-10-20)29-24-8-6-5-7-19(24)15-16-31(26)29/h5-16,22,32H,3-4,17-18H2,1-2H3/b14-13+. The number of pyridine rings is 1. The first kappa shape index (κ1) is 24.4. The lowest BCUT2D eigenvalue weighted by Crippen LogP contribution is -2.16. The number of hydrogen-bond donors (Lipinski definition) is 1. The molecule has 0 amide bonds. The normalized spacial score (nSPS) is 12.5. The largest absolute Gasteiger partial charge is 0.466 e. The van der Waals surface area contributed by atoms with Crippen molar-refractivity contribution >= 4 is 34.1 Å². The number of aryl methyl sites for hydroxylation is 1. The van der Waals surface area contributed by atoms with E-state index in [-0.39, 0.29) is 31.0 Å². The molecule has 2 heterocycles. The van der Waals surface area contributed by atoms with Crippen LogP contribution in [0.1, 0.15) is 37.9 Å². The Kier molecular flexibility index (Phi) is 7.42. The van der Waals surface area contributed by atoms with Gasteiger partial charge in [0.15, 0.2) is 0 Å². The van der Waals surface area contributed by atoms with E-state index in [1.807, 2.05) is 24.4 Å². The Balaban J connectivity index is 1.80. The van der Waals surface area contributed by atoms with Crippen molar-refractivity contribution < 1.29 is 23.8 Å². The quantitative estimate of drug-likeness (QED) is 0.248. The van der Waals surface area contributed by atoms with Gasteiger partial charge in [0.2, 0.25) is 0 Å². The fourth-order valence-electron chi connectivity index (χ4n) is 4.50. The van der Waals surface area contributed by atoms with Gasteiger partial charge in [0.05, 0.1) is 18.2 Å². The fraction of sp³-hybridized carbons (Fsp3) is 0.241. The highest BCUT2D eigenvalue weighted by Gasteiger charge is 2.20. The third-order valence-electron chi connectivity index (χ3n) is 6.00. The van der Waals surface area contributed by atoms with Gasteiger partial charge in [-0.15, -0.1) is 0 Å². The van der Waals surface area contributed by atoms with Crippen LogP contribution in [0.3, 0.4) is 0 Å². The molecule has 4 rings (SSSR count). The summed E-state index contributed by atoms with van der Waals surface area (Å²) in [6.45, 7) is 3.94. The highest BCUT2D eigenvalue weighted by molar-refractivity contribution is 6.06. The summed E-state index contributed by atoms with van der Waals surface area (Å²) in [5.74, 6) is -1.29. The molecule has 0 aliphatic carbocycles. The van der Waals surface area contributed by atoms with E-state index in [1.54, 1.807) is 25.1 Å². The van der Waals surface area contributed by atoms with Gasteiger partial charge < -0.3 is 14.2 Å². The molecule has 0 aliphatic heterocycles. The smallest absolute Gasteiger partial charge is 0.313 e. The third-order valence-corrected chi connectivity index (χ3v) is 6.00. The summed E-state index contributed by atoms with van der Waals surface area (Å²) >= 11 is 0. The molecular formula is C29H28FNO4. The first-order chi connectivity index (χ1) is 16.9. The van der Waals surface area contributed by atoms with Crippen molar-refractivity contribution in [3.63, 3.8) is 0 Å². The number of aromatic nitrogens is 1. The number of benzene rings is 2. The van der Waals surface area contributed by atoms with Gasteiger partial charge >= 0.3 is 5.97 Å². The molecule has 6 heteroatoms. The number of nitrogens with zero attached hydrogens (tertiary/aromatic N) is 1. The Labute approximate surface area is 203 Å². The van der Waals surface area contributed by atoms with Crippen LogP contribution in [0.4, 0.5) is 4.39 Å². The number of halogens is 1. The predicted molar refractivity (Wildman–Crippen MR) is 136 cm³/mol. The number of rotatable bonds is 9. The number of Topliss-reactive ketones (excluding diaryl/α,β-unsaturated/α-hetero) is 1. The second-order valence-corrected chi connectivity index (χ2v) is 8.37. The van der Waals surface area contributed by atoms with Crippen molar-refractivity contribution in [1.82, 2.24) is 4.40 Å². The highest BCUT2D eigenvalue weighted by atomic mass is 19.1. The third kappa shape index (κ3) is 5.17. The molecule has 2 aromatic carbocycles. The fourth-order valence-corrected chi connectivity index (χ4v) is 4.50. The molecular weight excluding hydrogens is 445 g/mol. The summed E-state index contributed by atoms with van der Waals surface area (Å²) in [6, 6.07) is 16.5. The lowest BCUT2D eigenvalue weighted by molar-refractivity contribution is -0.145. The molecule has 35 heavy (non-hydrogen) atoms. The summed E-state index contributed by atoms with van der Waals surface area (Å²) in [5.41, 5.74) is 4.71. The molecule has 1 N–H and O–H groups in total. The number of carbonyl (C=O) groups is 2. The maximum Gasteiger partial charge on any atom is 0.313 e. The molecule has 180 valence electrons. The van der Waals surface area contributed by atoms with E-state index in [9.17, 15) is 19.1 Å². The van der Waals surface area contributed by atoms with Crippen LogP contribution in [-0.4, -0.2) is 34.0 Å². The second kappa shape index (κ2) is 10.7. The first-order valence-electron chi connectivity index (χ1n) is 11.8. The number of carbonyl (C=O) groups excluding carboxylic acids is 2. The summed E-state index contributed by atoms with van der Waals surface area (Å²) in [6.07, 6.45) is 4.55. The summed E-state index contributed by atoms with van der Waals surface area (Å²) in [7, 11) is 0. The molecule has 0 radical (unpaired) electrons. The number of fused-ring (bicyclic) bond motifs is 3. The van der Waals surface area contributed by atoms with E-state index in [0.717, 1.165) is 45.1 Å². The van der Waals surface area contributed by atoms with Crippen LogP contribution in [0.5, 0.6) is 0 Å². The minimum atomic E-state index is -1.05. The average Bonchev–Trinajstić information content (AvgIpc) is 3.17. The maximum atomic E-state index is 13.7. The Morgan fingerprint density at radius 2 is 1.83 bits per heavy atom. The van der Waals surface area contributed by atoms with Gasteiger partial charge in [-0.05, 0) is 42.5 Å². The van der Waals surface area contributed by atoms with E-state index in [0.29, 0.717) is 0 Å². The van der Waals surface area contributed by atoms with Gasteiger partial charge in [0, 0.05) is 34.8 Å². The molecule has 0 bridgehead atoms. The molecule has 0 saturated heterocycles. The van der Waals surface area contributed by atoms with E-state index < -0.39 is 12.1 Å². The Morgan fingerprint density at radius 1 is 1.09 bits per heavy atom. The van der Waals surface area contributed by atoms with Gasteiger partial charge in [-0.2, -0.15) is 0 Å². The summed E-state index contributed by atoms with van der Waals surface area (Å²) in [4.78, 5) is 23.7. The summed E-state index contributed by atoms with van der Waals surface area (Å²) in [5, 5.41) is 12.7. The van der Waals surface area contributed by atoms with Crippen molar-refractivity contribution in [2.75, 3.05) is 6.61 Å². The molecule has 4 aromatic rings. The number of aliphatic hydroxyl groups is 1. The van der Waals surface area contributed by atoms with Crippen LogP contribution in [0, 0.1) is 5.82 Å². The van der Waals surface area contributed by atoms with Crippen LogP contribution in [0.25, 0.3) is 33.5 Å². The molecule has 5 nitrogen and oxygen atoms in total. The number of aliphatic hydroxyl groups excluding tert-OH is 1. The predicted octanol–water partition coefficient (Wildman–Crippen LogP) is 5.75. The van der Waals surface area contributed by atoms with E-state index >= 15 is 0 Å². The lowest BCUT2D eigenvalue weighted by Gasteiger charge is -2.07. The summed E-state index contributed by atoms with van der Waals surface area (Å²) < 4.78 is 20.7. The van der Waals surface area contributed by atoms with Crippen LogP contribution in [-0.2, 0) is 20.7 Å². The van der Waals surface area contributed by atoms with E-state index in [1.165, 1.54) is 12.1 Å². The number of esters is 1. The maximum absolute atomic E-state index is 13.7. The molecule has 1 atom stereocenters. The zero-order chi connectivity index (χ0) is 24.9. The SMILES string of the molecule is CCOC(=O)CC(=O)CC(O)/C=C/c1c(-c2ccc(F)cc2)c2c3ccccc3ccn2c1CC. The van der Waals surface area contributed by atoms with Crippen molar-refractivity contribution in [3.05, 3.63) is 83.9 Å². The Bertz CT molecular complexity index is 1400. The minimum Gasteiger partial charge on any atom is -0.466 e. The van der Waals surface area contributed by atoms with Crippen LogP contribution in [0.15, 0.2) is 66.9 Å². The van der Waals surface area contributed by atoms with E-state index in [2.05, 4.69) is 29.5 Å². The van der Waals surface area contributed by atoms with Crippen LogP contribution < -0.4 is 0 Å².